The molecule has 2 aromatic heterocycles. The Hall–Kier alpha value is -3.33. The fraction of sp³-hybridized carbons (Fsp3) is 0.286. The maximum absolute atomic E-state index is 13.4. The summed E-state index contributed by atoms with van der Waals surface area (Å²) >= 11 is 7.89. The van der Waals surface area contributed by atoms with Crippen LogP contribution in [0.15, 0.2) is 41.4 Å². The number of rotatable bonds is 4. The SMILES string of the molecule is Cc1cc2c(cc1NC(=O)C[C@@H]1N=C(c3ccc(Cl)cc3)c3c(sc(C)c3C)-n3c(C)nnc31)COC2. The predicted octanol–water partition coefficient (Wildman–Crippen LogP) is 6.17. The molecule has 0 saturated heterocycles. The van der Waals surface area contributed by atoms with Crippen LogP contribution in [-0.4, -0.2) is 26.4 Å². The van der Waals surface area contributed by atoms with Gasteiger partial charge in [-0.05, 0) is 68.1 Å². The lowest BCUT2D eigenvalue weighted by Gasteiger charge is -2.15. The van der Waals surface area contributed by atoms with Crippen LogP contribution in [0, 0.1) is 27.7 Å². The molecule has 1 atom stereocenters. The van der Waals surface area contributed by atoms with Crippen LogP contribution in [0.25, 0.3) is 5.00 Å². The number of amides is 1. The monoisotopic (exact) mass is 531 g/mol. The molecule has 2 aliphatic rings. The molecule has 7 nitrogen and oxygen atoms in total. The number of carbonyl (C=O) groups is 1. The topological polar surface area (TPSA) is 81.4 Å². The molecular formula is C28H26ClN5O2S. The molecule has 0 spiro atoms. The van der Waals surface area contributed by atoms with Crippen molar-refractivity contribution in [2.45, 2.75) is 53.4 Å². The second kappa shape index (κ2) is 9.20. The van der Waals surface area contributed by atoms with Crippen LogP contribution in [0.3, 0.4) is 0 Å². The molecule has 0 unspecified atom stereocenters. The minimum atomic E-state index is -0.510. The van der Waals surface area contributed by atoms with Crippen LogP contribution >= 0.6 is 22.9 Å². The number of thiophene rings is 1. The van der Waals surface area contributed by atoms with Gasteiger partial charge in [-0.1, -0.05) is 29.8 Å². The smallest absolute Gasteiger partial charge is 0.227 e. The van der Waals surface area contributed by atoms with E-state index in [0.29, 0.717) is 24.1 Å². The number of nitrogens with zero attached hydrogens (tertiary/aromatic N) is 4. The summed E-state index contributed by atoms with van der Waals surface area (Å²) in [5.41, 5.74) is 8.09. The molecule has 1 amide bonds. The number of ether oxygens (including phenoxy) is 1. The van der Waals surface area contributed by atoms with Crippen molar-refractivity contribution in [3.8, 4) is 5.00 Å². The van der Waals surface area contributed by atoms with Gasteiger partial charge in [0.05, 0.1) is 25.3 Å². The normalized spacial score (nSPS) is 16.0. The van der Waals surface area contributed by atoms with Crippen LogP contribution in [0.4, 0.5) is 5.69 Å². The second-order valence-electron chi connectivity index (χ2n) is 9.59. The Morgan fingerprint density at radius 1 is 1.11 bits per heavy atom. The summed E-state index contributed by atoms with van der Waals surface area (Å²) in [6, 6.07) is 11.3. The molecule has 4 aromatic rings. The van der Waals surface area contributed by atoms with E-state index >= 15 is 0 Å². The summed E-state index contributed by atoms with van der Waals surface area (Å²) < 4.78 is 7.61. The molecule has 0 fully saturated rings. The van der Waals surface area contributed by atoms with Crippen molar-refractivity contribution >= 4 is 40.2 Å². The number of benzene rings is 2. The first-order chi connectivity index (χ1) is 17.8. The maximum atomic E-state index is 13.4. The molecule has 188 valence electrons. The number of anilines is 1. The Bertz CT molecular complexity index is 1590. The zero-order valence-electron chi connectivity index (χ0n) is 21.1. The van der Waals surface area contributed by atoms with Gasteiger partial charge in [0.15, 0.2) is 5.82 Å². The molecule has 37 heavy (non-hydrogen) atoms. The van der Waals surface area contributed by atoms with Gasteiger partial charge in [-0.15, -0.1) is 21.5 Å². The Morgan fingerprint density at radius 2 is 1.84 bits per heavy atom. The van der Waals surface area contributed by atoms with Crippen molar-refractivity contribution < 1.29 is 9.53 Å². The maximum Gasteiger partial charge on any atom is 0.227 e. The van der Waals surface area contributed by atoms with Crippen LogP contribution in [0.1, 0.15) is 62.4 Å². The summed E-state index contributed by atoms with van der Waals surface area (Å²) in [4.78, 5) is 19.8. The number of aromatic nitrogens is 3. The summed E-state index contributed by atoms with van der Waals surface area (Å²) in [6.45, 7) is 9.35. The minimum absolute atomic E-state index is 0.128. The van der Waals surface area contributed by atoms with Crippen LogP contribution in [0.2, 0.25) is 5.02 Å². The van der Waals surface area contributed by atoms with Gasteiger partial charge < -0.3 is 10.1 Å². The molecule has 0 radical (unpaired) electrons. The highest BCUT2D eigenvalue weighted by molar-refractivity contribution is 7.15. The number of carbonyl (C=O) groups excluding carboxylic acids is 1. The zero-order valence-corrected chi connectivity index (χ0v) is 22.6. The number of hydrogen-bond donors (Lipinski definition) is 1. The van der Waals surface area contributed by atoms with Gasteiger partial charge in [-0.25, -0.2) is 0 Å². The summed E-state index contributed by atoms with van der Waals surface area (Å²) in [5, 5.41) is 13.7. The average Bonchev–Trinajstić information content (AvgIpc) is 3.53. The molecule has 4 heterocycles. The first-order valence-electron chi connectivity index (χ1n) is 12.2. The Labute approximate surface area is 224 Å². The van der Waals surface area contributed by atoms with Gasteiger partial charge in [-0.2, -0.15) is 0 Å². The highest BCUT2D eigenvalue weighted by Crippen LogP contribution is 2.39. The van der Waals surface area contributed by atoms with Crippen molar-refractivity contribution in [1.82, 2.24) is 14.8 Å². The predicted molar refractivity (Wildman–Crippen MR) is 146 cm³/mol. The van der Waals surface area contributed by atoms with E-state index in [0.717, 1.165) is 50.0 Å². The van der Waals surface area contributed by atoms with Gasteiger partial charge in [0, 0.05) is 26.7 Å². The van der Waals surface area contributed by atoms with Crippen LogP contribution in [0.5, 0.6) is 0 Å². The Morgan fingerprint density at radius 3 is 2.59 bits per heavy atom. The van der Waals surface area contributed by atoms with E-state index in [9.17, 15) is 4.79 Å². The molecule has 6 rings (SSSR count). The average molecular weight is 532 g/mol. The molecule has 9 heteroatoms. The lowest BCUT2D eigenvalue weighted by molar-refractivity contribution is -0.116. The quantitative estimate of drug-likeness (QED) is 0.341. The van der Waals surface area contributed by atoms with Crippen molar-refractivity contribution in [2.24, 2.45) is 4.99 Å². The van der Waals surface area contributed by atoms with Gasteiger partial charge in [-0.3, -0.25) is 14.4 Å². The molecule has 0 aliphatic carbocycles. The van der Waals surface area contributed by atoms with Crippen molar-refractivity contribution in [3.05, 3.63) is 91.3 Å². The van der Waals surface area contributed by atoms with E-state index in [1.54, 1.807) is 11.3 Å². The Balaban J connectivity index is 1.42. The fourth-order valence-corrected chi connectivity index (χ4v) is 6.34. The van der Waals surface area contributed by atoms with Crippen LogP contribution < -0.4 is 5.32 Å². The van der Waals surface area contributed by atoms with Crippen LogP contribution in [-0.2, 0) is 22.7 Å². The van der Waals surface area contributed by atoms with E-state index in [4.69, 9.17) is 21.3 Å². The van der Waals surface area contributed by atoms with Crippen molar-refractivity contribution in [2.75, 3.05) is 5.32 Å². The first-order valence-corrected chi connectivity index (χ1v) is 13.4. The number of hydrogen-bond acceptors (Lipinski definition) is 6. The number of aryl methyl sites for hydroxylation is 3. The number of nitrogens with one attached hydrogen (secondary N) is 1. The summed E-state index contributed by atoms with van der Waals surface area (Å²) in [6.07, 6.45) is 0.134. The van der Waals surface area contributed by atoms with E-state index in [-0.39, 0.29) is 12.3 Å². The highest BCUT2D eigenvalue weighted by atomic mass is 35.5. The standard InChI is InChI=1S/C28H26ClN5O2S/c1-14-9-19-12-36-13-20(19)10-22(14)30-24(35)11-23-27-33-32-17(4)34(27)28-25(15(2)16(3)37-28)26(31-23)18-5-7-21(29)8-6-18/h5-10,23H,11-13H2,1-4H3,(H,30,35)/t23-/m0/s1. The summed E-state index contributed by atoms with van der Waals surface area (Å²) in [7, 11) is 0. The highest BCUT2D eigenvalue weighted by Gasteiger charge is 2.32. The van der Waals surface area contributed by atoms with E-state index in [2.05, 4.69) is 40.0 Å². The molecule has 2 aliphatic heterocycles. The number of aliphatic imine (C=N–C) groups is 1. The van der Waals surface area contributed by atoms with E-state index < -0.39 is 6.04 Å². The van der Waals surface area contributed by atoms with Gasteiger partial charge >= 0.3 is 0 Å². The molecule has 0 bridgehead atoms. The fourth-order valence-electron chi connectivity index (χ4n) is 5.00. The van der Waals surface area contributed by atoms with Crippen molar-refractivity contribution in [3.63, 3.8) is 0 Å². The lowest BCUT2D eigenvalue weighted by atomic mass is 9.99. The van der Waals surface area contributed by atoms with Crippen molar-refractivity contribution in [1.29, 1.82) is 0 Å². The third-order valence-electron chi connectivity index (χ3n) is 7.07. The largest absolute Gasteiger partial charge is 0.372 e. The Kier molecular flexibility index (Phi) is 5.98. The van der Waals surface area contributed by atoms with E-state index in [1.807, 2.05) is 44.2 Å². The lowest BCUT2D eigenvalue weighted by Crippen LogP contribution is -2.18. The first kappa shape index (κ1) is 24.0. The van der Waals surface area contributed by atoms with E-state index in [1.165, 1.54) is 10.4 Å². The van der Waals surface area contributed by atoms with Gasteiger partial charge in [0.25, 0.3) is 0 Å². The van der Waals surface area contributed by atoms with Gasteiger partial charge in [0.2, 0.25) is 5.91 Å². The third-order valence-corrected chi connectivity index (χ3v) is 8.52. The second-order valence-corrected chi connectivity index (χ2v) is 11.2. The number of halogens is 1. The molecule has 2 aromatic carbocycles. The third kappa shape index (κ3) is 4.19. The number of fused-ring (bicyclic) bond motifs is 4. The zero-order chi connectivity index (χ0) is 25.8. The molecule has 1 N–H and O–H groups in total. The van der Waals surface area contributed by atoms with Gasteiger partial charge in [0.1, 0.15) is 16.9 Å². The molecule has 0 saturated carbocycles. The summed E-state index contributed by atoms with van der Waals surface area (Å²) in [5.74, 6) is 1.31. The minimum Gasteiger partial charge on any atom is -0.372 e. The molecular weight excluding hydrogens is 506 g/mol.